The van der Waals surface area contributed by atoms with Crippen LogP contribution in [-0.2, 0) is 0 Å². The molecule has 1 aliphatic heterocycles. The van der Waals surface area contributed by atoms with Crippen LogP contribution < -0.4 is 10.6 Å². The standard InChI is InChI=1S/C15H23N3O/c1-13-7-2-3-8-14(13)18(12-6-9-16)15(19)17-10-4-5-11-17/h2-3,7-8H,4-6,9-12,16H2,1H3. The van der Waals surface area contributed by atoms with Gasteiger partial charge in [-0.05, 0) is 44.4 Å². The highest BCUT2D eigenvalue weighted by Crippen LogP contribution is 2.22. The second-order valence-corrected chi connectivity index (χ2v) is 5.06. The summed E-state index contributed by atoms with van der Waals surface area (Å²) in [6, 6.07) is 8.16. The van der Waals surface area contributed by atoms with Gasteiger partial charge in [0, 0.05) is 25.3 Å². The summed E-state index contributed by atoms with van der Waals surface area (Å²) in [5.41, 5.74) is 7.73. The number of amides is 2. The highest BCUT2D eigenvalue weighted by molar-refractivity contribution is 5.92. The Hall–Kier alpha value is -1.55. The fourth-order valence-corrected chi connectivity index (χ4v) is 2.51. The minimum atomic E-state index is 0.125. The van der Waals surface area contributed by atoms with E-state index in [-0.39, 0.29) is 6.03 Å². The molecule has 0 unspecified atom stereocenters. The Kier molecular flexibility index (Phi) is 4.80. The van der Waals surface area contributed by atoms with Crippen LogP contribution in [0.4, 0.5) is 10.5 Å². The molecule has 2 rings (SSSR count). The van der Waals surface area contributed by atoms with Gasteiger partial charge in [-0.15, -0.1) is 0 Å². The maximum Gasteiger partial charge on any atom is 0.324 e. The number of hydrogen-bond acceptors (Lipinski definition) is 2. The van der Waals surface area contributed by atoms with Gasteiger partial charge < -0.3 is 10.6 Å². The average molecular weight is 261 g/mol. The Labute approximate surface area is 115 Å². The number of likely N-dealkylation sites (tertiary alicyclic amines) is 1. The van der Waals surface area contributed by atoms with E-state index in [1.54, 1.807) is 0 Å². The van der Waals surface area contributed by atoms with E-state index in [2.05, 4.69) is 0 Å². The number of hydrogen-bond donors (Lipinski definition) is 1. The molecule has 0 atom stereocenters. The van der Waals surface area contributed by atoms with E-state index < -0.39 is 0 Å². The molecule has 1 aliphatic rings. The van der Waals surface area contributed by atoms with Gasteiger partial charge >= 0.3 is 6.03 Å². The summed E-state index contributed by atoms with van der Waals surface area (Å²) in [6.45, 7) is 5.10. The molecule has 1 aromatic carbocycles. The number of aryl methyl sites for hydroxylation is 1. The van der Waals surface area contributed by atoms with Crippen LogP contribution in [-0.4, -0.2) is 37.1 Å². The van der Waals surface area contributed by atoms with Crippen molar-refractivity contribution in [3.63, 3.8) is 0 Å². The second kappa shape index (κ2) is 6.57. The highest BCUT2D eigenvalue weighted by atomic mass is 16.2. The maximum atomic E-state index is 12.6. The topological polar surface area (TPSA) is 49.6 Å². The summed E-state index contributed by atoms with van der Waals surface area (Å²) in [5.74, 6) is 0. The third kappa shape index (κ3) is 3.26. The van der Waals surface area contributed by atoms with Gasteiger partial charge in [0.05, 0.1) is 0 Å². The maximum absolute atomic E-state index is 12.6. The zero-order valence-corrected chi connectivity index (χ0v) is 11.6. The number of para-hydroxylation sites is 1. The van der Waals surface area contributed by atoms with Gasteiger partial charge in [-0.2, -0.15) is 0 Å². The Morgan fingerprint density at radius 1 is 1.32 bits per heavy atom. The fraction of sp³-hybridized carbons (Fsp3) is 0.533. The smallest absolute Gasteiger partial charge is 0.324 e. The van der Waals surface area contributed by atoms with Crippen molar-refractivity contribution in [1.29, 1.82) is 0 Å². The lowest BCUT2D eigenvalue weighted by molar-refractivity contribution is 0.215. The molecule has 0 saturated carbocycles. The zero-order valence-electron chi connectivity index (χ0n) is 11.6. The van der Waals surface area contributed by atoms with Crippen molar-refractivity contribution in [2.24, 2.45) is 5.73 Å². The summed E-state index contributed by atoms with van der Waals surface area (Å²) in [7, 11) is 0. The van der Waals surface area contributed by atoms with Gasteiger partial charge in [0.25, 0.3) is 0 Å². The van der Waals surface area contributed by atoms with E-state index in [1.165, 1.54) is 0 Å². The largest absolute Gasteiger partial charge is 0.330 e. The quantitative estimate of drug-likeness (QED) is 0.904. The number of anilines is 1. The number of urea groups is 1. The molecule has 0 bridgehead atoms. The van der Waals surface area contributed by atoms with E-state index in [4.69, 9.17) is 5.73 Å². The molecule has 1 aromatic rings. The molecule has 1 fully saturated rings. The monoisotopic (exact) mass is 261 g/mol. The zero-order chi connectivity index (χ0) is 13.7. The van der Waals surface area contributed by atoms with Crippen molar-refractivity contribution in [2.45, 2.75) is 26.2 Å². The minimum absolute atomic E-state index is 0.125. The van der Waals surface area contributed by atoms with Crippen LogP contribution >= 0.6 is 0 Å². The van der Waals surface area contributed by atoms with Crippen LogP contribution in [0, 0.1) is 6.92 Å². The average Bonchev–Trinajstić information content (AvgIpc) is 2.94. The van der Waals surface area contributed by atoms with Crippen LogP contribution in [0.5, 0.6) is 0 Å². The van der Waals surface area contributed by atoms with Gasteiger partial charge in [0.15, 0.2) is 0 Å². The molecular weight excluding hydrogens is 238 g/mol. The molecular formula is C15H23N3O. The Bertz CT molecular complexity index is 427. The van der Waals surface area contributed by atoms with Crippen molar-refractivity contribution in [1.82, 2.24) is 4.90 Å². The third-order valence-electron chi connectivity index (χ3n) is 3.60. The summed E-state index contributed by atoms with van der Waals surface area (Å²) < 4.78 is 0. The first-order valence-corrected chi connectivity index (χ1v) is 7.06. The molecule has 0 radical (unpaired) electrons. The minimum Gasteiger partial charge on any atom is -0.330 e. The van der Waals surface area contributed by atoms with Gasteiger partial charge in [-0.3, -0.25) is 4.90 Å². The van der Waals surface area contributed by atoms with Crippen molar-refractivity contribution >= 4 is 11.7 Å². The number of nitrogens with two attached hydrogens (primary N) is 1. The highest BCUT2D eigenvalue weighted by Gasteiger charge is 2.25. The normalized spacial score (nSPS) is 14.7. The number of carbonyl (C=O) groups excluding carboxylic acids is 1. The lowest BCUT2D eigenvalue weighted by Crippen LogP contribution is -2.43. The number of carbonyl (C=O) groups is 1. The van der Waals surface area contributed by atoms with E-state index in [9.17, 15) is 4.79 Å². The second-order valence-electron chi connectivity index (χ2n) is 5.06. The molecule has 19 heavy (non-hydrogen) atoms. The predicted molar refractivity (Wildman–Crippen MR) is 78.4 cm³/mol. The van der Waals surface area contributed by atoms with E-state index in [0.717, 1.165) is 43.6 Å². The molecule has 0 aromatic heterocycles. The van der Waals surface area contributed by atoms with Crippen molar-refractivity contribution in [2.75, 3.05) is 31.1 Å². The lowest BCUT2D eigenvalue weighted by atomic mass is 10.2. The summed E-state index contributed by atoms with van der Waals surface area (Å²) in [4.78, 5) is 16.4. The van der Waals surface area contributed by atoms with Crippen molar-refractivity contribution < 1.29 is 4.79 Å². The van der Waals surface area contributed by atoms with Gasteiger partial charge in [0.2, 0.25) is 0 Å². The molecule has 0 spiro atoms. The van der Waals surface area contributed by atoms with Gasteiger partial charge in [-0.1, -0.05) is 18.2 Å². The number of rotatable bonds is 4. The molecule has 1 saturated heterocycles. The molecule has 4 nitrogen and oxygen atoms in total. The molecule has 2 amide bonds. The summed E-state index contributed by atoms with van der Waals surface area (Å²) >= 11 is 0. The van der Waals surface area contributed by atoms with Crippen molar-refractivity contribution in [3.8, 4) is 0 Å². The predicted octanol–water partition coefficient (Wildman–Crippen LogP) is 2.37. The Balaban J connectivity index is 2.19. The Morgan fingerprint density at radius 3 is 2.63 bits per heavy atom. The lowest BCUT2D eigenvalue weighted by Gasteiger charge is -2.29. The van der Waals surface area contributed by atoms with Crippen LogP contribution in [0.3, 0.4) is 0 Å². The third-order valence-corrected chi connectivity index (χ3v) is 3.60. The fourth-order valence-electron chi connectivity index (χ4n) is 2.51. The van der Waals surface area contributed by atoms with Crippen LogP contribution in [0.25, 0.3) is 0 Å². The van der Waals surface area contributed by atoms with Crippen LogP contribution in [0.15, 0.2) is 24.3 Å². The van der Waals surface area contributed by atoms with Gasteiger partial charge in [-0.25, -0.2) is 4.79 Å². The SMILES string of the molecule is Cc1ccccc1N(CCCN)C(=O)N1CCCC1. The van der Waals surface area contributed by atoms with E-state index in [0.29, 0.717) is 13.1 Å². The van der Waals surface area contributed by atoms with Gasteiger partial charge in [0.1, 0.15) is 0 Å². The molecule has 2 N–H and O–H groups in total. The van der Waals surface area contributed by atoms with E-state index in [1.807, 2.05) is 41.0 Å². The van der Waals surface area contributed by atoms with Crippen LogP contribution in [0.2, 0.25) is 0 Å². The van der Waals surface area contributed by atoms with Crippen LogP contribution in [0.1, 0.15) is 24.8 Å². The molecule has 104 valence electrons. The van der Waals surface area contributed by atoms with E-state index >= 15 is 0 Å². The molecule has 0 aliphatic carbocycles. The van der Waals surface area contributed by atoms with Crippen molar-refractivity contribution in [3.05, 3.63) is 29.8 Å². The number of nitrogens with zero attached hydrogens (tertiary/aromatic N) is 2. The first-order valence-electron chi connectivity index (χ1n) is 7.06. The first kappa shape index (κ1) is 13.9. The Morgan fingerprint density at radius 2 is 2.00 bits per heavy atom. The summed E-state index contributed by atoms with van der Waals surface area (Å²) in [5, 5.41) is 0. The number of benzene rings is 1. The first-order chi connectivity index (χ1) is 9.24. The summed E-state index contributed by atoms with van der Waals surface area (Å²) in [6.07, 6.45) is 3.06. The molecule has 4 heteroatoms. The molecule has 1 heterocycles.